The summed E-state index contributed by atoms with van der Waals surface area (Å²) in [6, 6.07) is 4.42. The van der Waals surface area contributed by atoms with Crippen LogP contribution in [0.25, 0.3) is 0 Å². The number of hydrogen-bond acceptors (Lipinski definition) is 3. The number of rotatable bonds is 4. The van der Waals surface area contributed by atoms with Gasteiger partial charge in [0.25, 0.3) is 0 Å². The van der Waals surface area contributed by atoms with Crippen molar-refractivity contribution in [2.75, 3.05) is 33.3 Å². The molecule has 0 aromatic heterocycles. The van der Waals surface area contributed by atoms with E-state index in [2.05, 4.69) is 52.1 Å². The van der Waals surface area contributed by atoms with Crippen LogP contribution in [0.1, 0.15) is 30.9 Å². The lowest BCUT2D eigenvalue weighted by atomic mass is 10.00. The van der Waals surface area contributed by atoms with Gasteiger partial charge in [0.1, 0.15) is 5.75 Å². The van der Waals surface area contributed by atoms with Crippen molar-refractivity contribution in [2.24, 2.45) is 0 Å². The highest BCUT2D eigenvalue weighted by molar-refractivity contribution is 9.10. The number of benzene rings is 1. The van der Waals surface area contributed by atoms with Crippen LogP contribution >= 0.6 is 15.9 Å². The summed E-state index contributed by atoms with van der Waals surface area (Å²) in [6.45, 7) is 9.79. The Kier molecular flexibility index (Phi) is 5.25. The Morgan fingerprint density at radius 3 is 2.58 bits per heavy atom. The van der Waals surface area contributed by atoms with Gasteiger partial charge in [0.2, 0.25) is 0 Å². The normalized spacial score (nSPS) is 16.9. The Morgan fingerprint density at radius 2 is 2.00 bits per heavy atom. The van der Waals surface area contributed by atoms with Crippen molar-refractivity contribution >= 4 is 15.9 Å². The maximum atomic E-state index is 5.56. The van der Waals surface area contributed by atoms with Crippen molar-refractivity contribution in [3.8, 4) is 5.75 Å². The standard InChI is InChI=1S/C15H23BrN2O/c1-11(2)15-13(16)8-12(9-14(15)19-3)10-18-6-4-17-5-7-18/h8-9,11,17H,4-7,10H2,1-3H3. The third-order valence-corrected chi connectivity index (χ3v) is 4.22. The largest absolute Gasteiger partial charge is 0.496 e. The molecule has 0 radical (unpaired) electrons. The van der Waals surface area contributed by atoms with E-state index in [1.54, 1.807) is 7.11 Å². The summed E-state index contributed by atoms with van der Waals surface area (Å²) in [5.74, 6) is 1.45. The van der Waals surface area contributed by atoms with E-state index in [0.717, 1.165) is 42.9 Å². The average molecular weight is 327 g/mol. The van der Waals surface area contributed by atoms with Crippen molar-refractivity contribution < 1.29 is 4.74 Å². The van der Waals surface area contributed by atoms with Gasteiger partial charge < -0.3 is 10.1 Å². The van der Waals surface area contributed by atoms with Crippen LogP contribution < -0.4 is 10.1 Å². The van der Waals surface area contributed by atoms with E-state index in [4.69, 9.17) is 4.74 Å². The average Bonchev–Trinajstić information content (AvgIpc) is 2.38. The van der Waals surface area contributed by atoms with Crippen LogP contribution in [0.15, 0.2) is 16.6 Å². The van der Waals surface area contributed by atoms with Crippen LogP contribution in [0.3, 0.4) is 0 Å². The van der Waals surface area contributed by atoms with Crippen molar-refractivity contribution in [3.05, 3.63) is 27.7 Å². The van der Waals surface area contributed by atoms with Gasteiger partial charge in [-0.15, -0.1) is 0 Å². The van der Waals surface area contributed by atoms with Crippen LogP contribution in [0.5, 0.6) is 5.75 Å². The van der Waals surface area contributed by atoms with E-state index in [9.17, 15) is 0 Å². The molecule has 1 aromatic rings. The zero-order chi connectivity index (χ0) is 13.8. The van der Waals surface area contributed by atoms with Gasteiger partial charge in [0, 0.05) is 42.8 Å². The molecule has 1 aliphatic rings. The second-order valence-electron chi connectivity index (χ2n) is 5.37. The Hall–Kier alpha value is -0.580. The number of piperazine rings is 1. The number of nitrogens with zero attached hydrogens (tertiary/aromatic N) is 1. The molecule has 0 bridgehead atoms. The van der Waals surface area contributed by atoms with Gasteiger partial charge in [-0.3, -0.25) is 4.90 Å². The molecule has 1 fully saturated rings. The molecule has 1 aromatic carbocycles. The second-order valence-corrected chi connectivity index (χ2v) is 6.23. The minimum Gasteiger partial charge on any atom is -0.496 e. The summed E-state index contributed by atoms with van der Waals surface area (Å²) in [5, 5.41) is 3.38. The fraction of sp³-hybridized carbons (Fsp3) is 0.600. The van der Waals surface area contributed by atoms with E-state index >= 15 is 0 Å². The molecule has 1 heterocycles. The highest BCUT2D eigenvalue weighted by Gasteiger charge is 2.15. The number of hydrogen-bond donors (Lipinski definition) is 1. The van der Waals surface area contributed by atoms with Crippen molar-refractivity contribution in [1.82, 2.24) is 10.2 Å². The molecule has 0 atom stereocenters. The first kappa shape index (κ1) is 14.8. The molecule has 3 nitrogen and oxygen atoms in total. The first-order valence-electron chi connectivity index (χ1n) is 6.91. The summed E-state index contributed by atoms with van der Waals surface area (Å²) >= 11 is 3.69. The second kappa shape index (κ2) is 6.73. The number of nitrogens with one attached hydrogen (secondary N) is 1. The molecular formula is C15H23BrN2O. The predicted molar refractivity (Wildman–Crippen MR) is 82.9 cm³/mol. The molecule has 19 heavy (non-hydrogen) atoms. The van der Waals surface area contributed by atoms with Gasteiger partial charge in [-0.2, -0.15) is 0 Å². The minimum absolute atomic E-state index is 0.456. The fourth-order valence-electron chi connectivity index (χ4n) is 2.59. The minimum atomic E-state index is 0.456. The zero-order valence-electron chi connectivity index (χ0n) is 12.0. The van der Waals surface area contributed by atoms with Gasteiger partial charge in [-0.25, -0.2) is 0 Å². The van der Waals surface area contributed by atoms with E-state index in [1.807, 2.05) is 0 Å². The third kappa shape index (κ3) is 3.71. The van der Waals surface area contributed by atoms with E-state index < -0.39 is 0 Å². The molecule has 2 rings (SSSR count). The maximum absolute atomic E-state index is 5.56. The third-order valence-electron chi connectivity index (χ3n) is 3.56. The SMILES string of the molecule is COc1cc(CN2CCNCC2)cc(Br)c1C(C)C. The lowest BCUT2D eigenvalue weighted by Crippen LogP contribution is -2.42. The molecule has 1 saturated heterocycles. The first-order chi connectivity index (χ1) is 9.11. The van der Waals surface area contributed by atoms with Crippen LogP contribution in [0.4, 0.5) is 0 Å². The number of methoxy groups -OCH3 is 1. The van der Waals surface area contributed by atoms with E-state index in [-0.39, 0.29) is 0 Å². The molecule has 4 heteroatoms. The molecule has 0 aliphatic carbocycles. The van der Waals surface area contributed by atoms with Gasteiger partial charge in [-0.1, -0.05) is 29.8 Å². The fourth-order valence-corrected chi connectivity index (χ4v) is 3.54. The summed E-state index contributed by atoms with van der Waals surface area (Å²) in [5.41, 5.74) is 2.57. The van der Waals surface area contributed by atoms with Gasteiger partial charge >= 0.3 is 0 Å². The van der Waals surface area contributed by atoms with E-state index in [0.29, 0.717) is 5.92 Å². The summed E-state index contributed by atoms with van der Waals surface area (Å²) in [7, 11) is 1.75. The molecule has 1 aliphatic heterocycles. The zero-order valence-corrected chi connectivity index (χ0v) is 13.6. The Bertz CT molecular complexity index is 428. The molecule has 0 spiro atoms. The van der Waals surface area contributed by atoms with Gasteiger partial charge in [0.05, 0.1) is 7.11 Å². The highest BCUT2D eigenvalue weighted by Crippen LogP contribution is 2.35. The number of halogens is 1. The van der Waals surface area contributed by atoms with Crippen LogP contribution in [0.2, 0.25) is 0 Å². The lowest BCUT2D eigenvalue weighted by Gasteiger charge is -2.27. The monoisotopic (exact) mass is 326 g/mol. The van der Waals surface area contributed by atoms with Crippen molar-refractivity contribution in [2.45, 2.75) is 26.3 Å². The Labute approximate surface area is 124 Å². The molecule has 106 valence electrons. The maximum Gasteiger partial charge on any atom is 0.123 e. The van der Waals surface area contributed by atoms with E-state index in [1.165, 1.54) is 11.1 Å². The van der Waals surface area contributed by atoms with Crippen LogP contribution in [-0.2, 0) is 6.54 Å². The van der Waals surface area contributed by atoms with Crippen LogP contribution in [-0.4, -0.2) is 38.2 Å². The predicted octanol–water partition coefficient (Wildman–Crippen LogP) is 2.99. The molecule has 0 amide bonds. The summed E-state index contributed by atoms with van der Waals surface area (Å²) in [6.07, 6.45) is 0. The lowest BCUT2D eigenvalue weighted by molar-refractivity contribution is 0.233. The Balaban J connectivity index is 2.19. The summed E-state index contributed by atoms with van der Waals surface area (Å²) < 4.78 is 6.72. The smallest absolute Gasteiger partial charge is 0.123 e. The van der Waals surface area contributed by atoms with Gasteiger partial charge in [0.15, 0.2) is 0 Å². The first-order valence-corrected chi connectivity index (χ1v) is 7.70. The van der Waals surface area contributed by atoms with Gasteiger partial charge in [-0.05, 0) is 23.6 Å². The summed E-state index contributed by atoms with van der Waals surface area (Å²) in [4.78, 5) is 2.48. The molecule has 0 saturated carbocycles. The highest BCUT2D eigenvalue weighted by atomic mass is 79.9. The Morgan fingerprint density at radius 1 is 1.32 bits per heavy atom. The molecule has 0 unspecified atom stereocenters. The molecular weight excluding hydrogens is 304 g/mol. The quantitative estimate of drug-likeness (QED) is 0.920. The van der Waals surface area contributed by atoms with Crippen molar-refractivity contribution in [1.29, 1.82) is 0 Å². The topological polar surface area (TPSA) is 24.5 Å². The number of ether oxygens (including phenoxy) is 1. The van der Waals surface area contributed by atoms with Crippen molar-refractivity contribution in [3.63, 3.8) is 0 Å². The molecule has 1 N–H and O–H groups in total. The van der Waals surface area contributed by atoms with Crippen LogP contribution in [0, 0.1) is 0 Å².